The summed E-state index contributed by atoms with van der Waals surface area (Å²) in [5.41, 5.74) is 0. The van der Waals surface area contributed by atoms with Crippen molar-refractivity contribution in [2.45, 2.75) is 39.7 Å². The fourth-order valence-electron chi connectivity index (χ4n) is 1.57. The molecule has 0 bridgehead atoms. The molecule has 2 unspecified atom stereocenters. The highest BCUT2D eigenvalue weighted by Crippen LogP contribution is 2.22. The molecule has 1 aromatic heterocycles. The lowest BCUT2D eigenvalue weighted by molar-refractivity contribution is 0.0939. The molecular formula is C12H18BrNOS. The van der Waals surface area contributed by atoms with Crippen LogP contribution in [-0.2, 0) is 0 Å². The number of carbonyl (C=O) groups excluding carboxylic acids is 1. The summed E-state index contributed by atoms with van der Waals surface area (Å²) in [4.78, 5) is 12.6. The molecule has 90 valence electrons. The van der Waals surface area contributed by atoms with Gasteiger partial charge in [0.2, 0.25) is 0 Å². The van der Waals surface area contributed by atoms with Crippen molar-refractivity contribution in [1.82, 2.24) is 5.32 Å². The number of hydrogen-bond donors (Lipinski definition) is 1. The van der Waals surface area contributed by atoms with Gasteiger partial charge < -0.3 is 5.32 Å². The van der Waals surface area contributed by atoms with E-state index in [1.807, 2.05) is 11.4 Å². The van der Waals surface area contributed by atoms with Gasteiger partial charge in [-0.3, -0.25) is 4.79 Å². The maximum Gasteiger partial charge on any atom is 0.262 e. The molecule has 0 saturated heterocycles. The number of halogens is 1. The summed E-state index contributed by atoms with van der Waals surface area (Å²) in [5, 5.41) is 4.94. The molecule has 1 N–H and O–H groups in total. The van der Waals surface area contributed by atoms with Crippen molar-refractivity contribution in [2.75, 3.05) is 0 Å². The fourth-order valence-corrected chi connectivity index (χ4v) is 3.03. The van der Waals surface area contributed by atoms with Crippen LogP contribution >= 0.6 is 27.3 Å². The van der Waals surface area contributed by atoms with Gasteiger partial charge in [-0.15, -0.1) is 11.3 Å². The molecule has 2 nitrogen and oxygen atoms in total. The zero-order valence-electron chi connectivity index (χ0n) is 9.92. The van der Waals surface area contributed by atoms with Gasteiger partial charge >= 0.3 is 0 Å². The highest BCUT2D eigenvalue weighted by Gasteiger charge is 2.15. The maximum absolute atomic E-state index is 11.9. The predicted octanol–water partition coefficient (Wildman–Crippen LogP) is 4.07. The van der Waals surface area contributed by atoms with Crippen molar-refractivity contribution in [2.24, 2.45) is 5.92 Å². The zero-order valence-corrected chi connectivity index (χ0v) is 12.3. The second kappa shape index (κ2) is 6.40. The smallest absolute Gasteiger partial charge is 0.262 e. The van der Waals surface area contributed by atoms with Gasteiger partial charge in [-0.25, -0.2) is 0 Å². The summed E-state index contributed by atoms with van der Waals surface area (Å²) in [6.07, 6.45) is 2.19. The molecular weight excluding hydrogens is 286 g/mol. The lowest BCUT2D eigenvalue weighted by atomic mass is 10.0. The maximum atomic E-state index is 11.9. The minimum atomic E-state index is 0.0256. The Morgan fingerprint density at radius 1 is 1.56 bits per heavy atom. The lowest BCUT2D eigenvalue weighted by Gasteiger charge is -2.17. The van der Waals surface area contributed by atoms with Gasteiger partial charge in [-0.05, 0) is 46.6 Å². The monoisotopic (exact) mass is 303 g/mol. The molecule has 1 heterocycles. The third kappa shape index (κ3) is 3.91. The van der Waals surface area contributed by atoms with E-state index in [2.05, 4.69) is 42.0 Å². The average molecular weight is 304 g/mol. The Balaban J connectivity index is 2.49. The summed E-state index contributed by atoms with van der Waals surface area (Å²) >= 11 is 4.84. The summed E-state index contributed by atoms with van der Waals surface area (Å²) in [5.74, 6) is 0.680. The van der Waals surface area contributed by atoms with E-state index in [0.717, 1.165) is 22.2 Å². The molecule has 0 fully saturated rings. The van der Waals surface area contributed by atoms with Gasteiger partial charge in [-0.1, -0.05) is 20.3 Å². The fraction of sp³-hybridized carbons (Fsp3) is 0.583. The first-order valence-electron chi connectivity index (χ1n) is 5.58. The van der Waals surface area contributed by atoms with Gasteiger partial charge in [-0.2, -0.15) is 0 Å². The van der Waals surface area contributed by atoms with Crippen molar-refractivity contribution in [3.63, 3.8) is 0 Å². The van der Waals surface area contributed by atoms with E-state index < -0.39 is 0 Å². The van der Waals surface area contributed by atoms with E-state index in [1.165, 1.54) is 11.3 Å². The first-order chi connectivity index (χ1) is 7.54. The summed E-state index contributed by atoms with van der Waals surface area (Å²) in [6, 6.07) is 2.13. The highest BCUT2D eigenvalue weighted by atomic mass is 79.9. The van der Waals surface area contributed by atoms with Crippen LogP contribution in [0.2, 0.25) is 0 Å². The van der Waals surface area contributed by atoms with E-state index in [9.17, 15) is 4.79 Å². The molecule has 0 aliphatic carbocycles. The van der Waals surface area contributed by atoms with Crippen LogP contribution in [0.25, 0.3) is 0 Å². The first kappa shape index (κ1) is 13.7. The Bertz CT molecular complexity index is 351. The largest absolute Gasteiger partial charge is 0.349 e. The molecule has 1 amide bonds. The Kier molecular flexibility index (Phi) is 5.49. The topological polar surface area (TPSA) is 29.1 Å². The van der Waals surface area contributed by atoms with E-state index in [0.29, 0.717) is 5.92 Å². The van der Waals surface area contributed by atoms with Gasteiger partial charge in [0, 0.05) is 10.5 Å². The van der Waals surface area contributed by atoms with Gasteiger partial charge in [0.05, 0.1) is 0 Å². The van der Waals surface area contributed by atoms with Gasteiger partial charge in [0.15, 0.2) is 0 Å². The summed E-state index contributed by atoms with van der Waals surface area (Å²) < 4.78 is 0.880. The van der Waals surface area contributed by atoms with Crippen LogP contribution in [-0.4, -0.2) is 11.9 Å². The second-order valence-electron chi connectivity index (χ2n) is 4.22. The Hall–Kier alpha value is -0.350. The van der Waals surface area contributed by atoms with Crippen LogP contribution in [0, 0.1) is 5.92 Å². The van der Waals surface area contributed by atoms with Crippen LogP contribution < -0.4 is 5.32 Å². The van der Waals surface area contributed by atoms with Crippen LogP contribution in [0.15, 0.2) is 15.9 Å². The van der Waals surface area contributed by atoms with E-state index in [-0.39, 0.29) is 11.9 Å². The summed E-state index contributed by atoms with van der Waals surface area (Å²) in [6.45, 7) is 6.45. The number of hydrogen-bond acceptors (Lipinski definition) is 2. The van der Waals surface area contributed by atoms with Crippen LogP contribution in [0.4, 0.5) is 0 Å². The highest BCUT2D eigenvalue weighted by molar-refractivity contribution is 9.10. The van der Waals surface area contributed by atoms with E-state index in [1.54, 1.807) is 0 Å². The summed E-state index contributed by atoms with van der Waals surface area (Å²) in [7, 11) is 0. The van der Waals surface area contributed by atoms with E-state index in [4.69, 9.17) is 0 Å². The SMILES string of the molecule is CCC(C)CC(C)NC(=O)c1sccc1Br. The molecule has 1 aromatic rings. The zero-order chi connectivity index (χ0) is 12.1. The van der Waals surface area contributed by atoms with Crippen LogP contribution in [0.3, 0.4) is 0 Å². The lowest BCUT2D eigenvalue weighted by Crippen LogP contribution is -2.33. The molecule has 1 rings (SSSR count). The van der Waals surface area contributed by atoms with Crippen LogP contribution in [0.1, 0.15) is 43.3 Å². The average Bonchev–Trinajstić information content (AvgIpc) is 2.63. The Morgan fingerprint density at radius 2 is 2.25 bits per heavy atom. The number of rotatable bonds is 5. The molecule has 0 saturated carbocycles. The third-order valence-corrected chi connectivity index (χ3v) is 4.49. The minimum absolute atomic E-state index is 0.0256. The molecule has 0 aliphatic rings. The number of thiophene rings is 1. The van der Waals surface area contributed by atoms with Gasteiger partial charge in [0.1, 0.15) is 4.88 Å². The van der Waals surface area contributed by atoms with Crippen molar-refractivity contribution in [1.29, 1.82) is 0 Å². The number of nitrogens with one attached hydrogen (secondary N) is 1. The normalized spacial score (nSPS) is 14.5. The third-order valence-electron chi connectivity index (χ3n) is 2.65. The molecule has 0 radical (unpaired) electrons. The Labute approximate surface area is 110 Å². The molecule has 0 aliphatic heterocycles. The van der Waals surface area contributed by atoms with Gasteiger partial charge in [0.25, 0.3) is 5.91 Å². The number of amides is 1. The Morgan fingerprint density at radius 3 is 2.75 bits per heavy atom. The van der Waals surface area contributed by atoms with Crippen molar-refractivity contribution in [3.05, 3.63) is 20.8 Å². The number of carbonyl (C=O) groups is 1. The van der Waals surface area contributed by atoms with Crippen molar-refractivity contribution < 1.29 is 4.79 Å². The first-order valence-corrected chi connectivity index (χ1v) is 7.25. The standard InChI is InChI=1S/C12H18BrNOS/c1-4-8(2)7-9(3)14-12(15)11-10(13)5-6-16-11/h5-6,8-9H,4,7H2,1-3H3,(H,14,15). The minimum Gasteiger partial charge on any atom is -0.349 e. The molecule has 4 heteroatoms. The quantitative estimate of drug-likeness (QED) is 0.873. The molecule has 2 atom stereocenters. The molecule has 0 aromatic carbocycles. The van der Waals surface area contributed by atoms with Crippen molar-refractivity contribution >= 4 is 33.2 Å². The second-order valence-corrected chi connectivity index (χ2v) is 5.99. The van der Waals surface area contributed by atoms with E-state index >= 15 is 0 Å². The molecule has 0 spiro atoms. The van der Waals surface area contributed by atoms with Crippen molar-refractivity contribution in [3.8, 4) is 0 Å². The molecule has 16 heavy (non-hydrogen) atoms. The predicted molar refractivity (Wildman–Crippen MR) is 73.0 cm³/mol. The van der Waals surface area contributed by atoms with Crippen LogP contribution in [0.5, 0.6) is 0 Å².